The van der Waals surface area contributed by atoms with E-state index in [1.54, 1.807) is 0 Å². The molecule has 1 nitrogen and oxygen atoms in total. The number of rotatable bonds is 3. The lowest BCUT2D eigenvalue weighted by Gasteiger charge is -2.22. The highest BCUT2D eigenvalue weighted by Gasteiger charge is 2.35. The lowest BCUT2D eigenvalue weighted by molar-refractivity contribution is 0.661. The van der Waals surface area contributed by atoms with Crippen LogP contribution in [-0.2, 0) is 5.41 Å². The normalized spacial score (nSPS) is 13.4. The number of fused-ring (bicyclic) bond motifs is 6. The van der Waals surface area contributed by atoms with Gasteiger partial charge in [0.1, 0.15) is 7.85 Å². The second kappa shape index (κ2) is 8.84. The summed E-state index contributed by atoms with van der Waals surface area (Å²) in [5.41, 5.74) is 15.5. The summed E-state index contributed by atoms with van der Waals surface area (Å²) < 4.78 is 2.37. The van der Waals surface area contributed by atoms with E-state index in [2.05, 4.69) is 160 Å². The predicted octanol–water partition coefficient (Wildman–Crippen LogP) is 8.68. The molecule has 2 heteroatoms. The predicted molar refractivity (Wildman–Crippen MR) is 177 cm³/mol. The molecule has 1 aromatic heterocycles. The largest absolute Gasteiger partial charge is 0.309 e. The van der Waals surface area contributed by atoms with Crippen molar-refractivity contribution in [3.8, 4) is 39.1 Å². The maximum atomic E-state index is 2.42. The highest BCUT2D eigenvalue weighted by Crippen LogP contribution is 2.49. The average molecular weight is 523 g/mol. The van der Waals surface area contributed by atoms with E-state index in [-0.39, 0.29) is 5.41 Å². The highest BCUT2D eigenvalue weighted by atomic mass is 15.0. The molecular formula is C39H30BN. The van der Waals surface area contributed by atoms with Gasteiger partial charge in [0.2, 0.25) is 0 Å². The first kappa shape index (κ1) is 24.0. The van der Waals surface area contributed by atoms with Crippen molar-refractivity contribution >= 4 is 35.1 Å². The Morgan fingerprint density at radius 3 is 1.90 bits per heavy atom. The third kappa shape index (κ3) is 3.64. The van der Waals surface area contributed by atoms with Gasteiger partial charge in [0.05, 0.1) is 11.0 Å². The monoisotopic (exact) mass is 523 g/mol. The molecule has 7 aromatic rings. The third-order valence-electron chi connectivity index (χ3n) is 9.05. The van der Waals surface area contributed by atoms with E-state index >= 15 is 0 Å². The fourth-order valence-corrected chi connectivity index (χ4v) is 6.92. The van der Waals surface area contributed by atoms with Crippen LogP contribution < -0.4 is 5.46 Å². The van der Waals surface area contributed by atoms with Crippen LogP contribution in [0.1, 0.15) is 25.0 Å². The van der Waals surface area contributed by atoms with Crippen molar-refractivity contribution in [1.82, 2.24) is 4.57 Å². The number of nitrogens with zero attached hydrogens (tertiary/aromatic N) is 1. The second-order valence-corrected chi connectivity index (χ2v) is 11.9. The van der Waals surface area contributed by atoms with Crippen LogP contribution in [0.3, 0.4) is 0 Å². The molecule has 0 aliphatic heterocycles. The molecule has 8 rings (SSSR count). The Bertz CT molecular complexity index is 2130. The highest BCUT2D eigenvalue weighted by molar-refractivity contribution is 6.32. The summed E-state index contributed by atoms with van der Waals surface area (Å²) in [6.45, 7) is 4.72. The molecule has 1 aliphatic rings. The minimum atomic E-state index is -0.0116. The maximum Gasteiger partial charge on any atom is 0.139 e. The minimum Gasteiger partial charge on any atom is -0.309 e. The second-order valence-electron chi connectivity index (χ2n) is 11.9. The summed E-state index contributed by atoms with van der Waals surface area (Å²) in [5.74, 6) is 0. The lowest BCUT2D eigenvalue weighted by atomic mass is 9.79. The minimum absolute atomic E-state index is 0.0116. The van der Waals surface area contributed by atoms with Crippen molar-refractivity contribution in [2.45, 2.75) is 19.3 Å². The van der Waals surface area contributed by atoms with Crippen LogP contribution in [0.4, 0.5) is 0 Å². The Kier molecular flexibility index (Phi) is 5.18. The van der Waals surface area contributed by atoms with Gasteiger partial charge in [0, 0.05) is 21.9 Å². The van der Waals surface area contributed by atoms with Gasteiger partial charge < -0.3 is 4.57 Å². The zero-order chi connectivity index (χ0) is 27.7. The van der Waals surface area contributed by atoms with Gasteiger partial charge >= 0.3 is 0 Å². The van der Waals surface area contributed by atoms with Crippen molar-refractivity contribution < 1.29 is 0 Å². The van der Waals surface area contributed by atoms with Crippen LogP contribution in [0.2, 0.25) is 0 Å². The first-order valence-corrected chi connectivity index (χ1v) is 14.4. The zero-order valence-corrected chi connectivity index (χ0v) is 23.6. The molecule has 41 heavy (non-hydrogen) atoms. The van der Waals surface area contributed by atoms with E-state index in [4.69, 9.17) is 0 Å². The molecule has 194 valence electrons. The SMILES string of the molecule is Bc1ccc2c(c1)C(C)(C)c1cc(-c3cccc(-c4ccc5c(c4)c4ccccc4n5-c4ccccc4)c3)ccc1-2. The zero-order valence-electron chi connectivity index (χ0n) is 23.6. The Hall–Kier alpha value is -4.82. The number of benzene rings is 6. The fraction of sp³-hybridized carbons (Fsp3) is 0.0769. The summed E-state index contributed by atoms with van der Waals surface area (Å²) in [6.07, 6.45) is 0. The summed E-state index contributed by atoms with van der Waals surface area (Å²) in [5, 5.41) is 2.56. The molecule has 1 heterocycles. The Balaban J connectivity index is 1.24. The lowest BCUT2D eigenvalue weighted by Crippen LogP contribution is -2.17. The molecule has 0 radical (unpaired) electrons. The first-order chi connectivity index (χ1) is 20.0. The van der Waals surface area contributed by atoms with Crippen LogP contribution in [0, 0.1) is 0 Å². The molecule has 0 unspecified atom stereocenters. The first-order valence-electron chi connectivity index (χ1n) is 14.4. The van der Waals surface area contributed by atoms with Crippen molar-refractivity contribution in [2.24, 2.45) is 0 Å². The van der Waals surface area contributed by atoms with E-state index in [1.807, 2.05) is 0 Å². The summed E-state index contributed by atoms with van der Waals surface area (Å²) in [6, 6.07) is 49.2. The maximum absolute atomic E-state index is 2.42. The van der Waals surface area contributed by atoms with Crippen molar-refractivity contribution in [3.05, 3.63) is 145 Å². The molecule has 0 amide bonds. The summed E-state index contributed by atoms with van der Waals surface area (Å²) in [7, 11) is 2.19. The van der Waals surface area contributed by atoms with Crippen molar-refractivity contribution in [2.75, 3.05) is 0 Å². The topological polar surface area (TPSA) is 4.93 Å². The molecule has 1 aliphatic carbocycles. The van der Waals surface area contributed by atoms with Gasteiger partial charge in [-0.1, -0.05) is 110 Å². The summed E-state index contributed by atoms with van der Waals surface area (Å²) in [4.78, 5) is 0. The number of hydrogen-bond donors (Lipinski definition) is 0. The van der Waals surface area contributed by atoms with E-state index in [0.29, 0.717) is 0 Å². The van der Waals surface area contributed by atoms with Gasteiger partial charge in [-0.15, -0.1) is 0 Å². The fourth-order valence-electron chi connectivity index (χ4n) is 6.92. The smallest absolute Gasteiger partial charge is 0.139 e. The molecule has 0 saturated carbocycles. The van der Waals surface area contributed by atoms with Gasteiger partial charge in [0.15, 0.2) is 0 Å². The van der Waals surface area contributed by atoms with Crippen molar-refractivity contribution in [1.29, 1.82) is 0 Å². The molecule has 0 fully saturated rings. The molecule has 6 aromatic carbocycles. The van der Waals surface area contributed by atoms with Gasteiger partial charge in [-0.3, -0.25) is 0 Å². The standard InChI is InChI=1S/C39H30BN/c1-39(2)35-23-28(15-18-31(35)32-19-17-29(40)24-36(32)39)26-10-8-9-25(21-26)27-16-20-38-34(22-27)33-13-6-7-14-37(33)41(38)30-11-4-3-5-12-30/h3-24H,40H2,1-2H3. The molecule has 0 saturated heterocycles. The van der Waals surface area contributed by atoms with E-state index in [9.17, 15) is 0 Å². The molecule has 0 N–H and O–H groups in total. The van der Waals surface area contributed by atoms with Crippen molar-refractivity contribution in [3.63, 3.8) is 0 Å². The third-order valence-corrected chi connectivity index (χ3v) is 9.05. The molecule has 0 bridgehead atoms. The van der Waals surface area contributed by atoms with Gasteiger partial charge in [-0.05, 0) is 87.0 Å². The van der Waals surface area contributed by atoms with Crippen LogP contribution in [0.5, 0.6) is 0 Å². The Morgan fingerprint density at radius 2 is 1.10 bits per heavy atom. The number of para-hydroxylation sites is 2. The molecular weight excluding hydrogens is 493 g/mol. The quantitative estimate of drug-likeness (QED) is 0.204. The number of aromatic nitrogens is 1. The van der Waals surface area contributed by atoms with Crippen LogP contribution in [0.15, 0.2) is 133 Å². The van der Waals surface area contributed by atoms with Crippen LogP contribution in [-0.4, -0.2) is 12.4 Å². The summed E-state index contributed by atoms with van der Waals surface area (Å²) >= 11 is 0. The van der Waals surface area contributed by atoms with Gasteiger partial charge in [-0.2, -0.15) is 0 Å². The molecule has 0 atom stereocenters. The Morgan fingerprint density at radius 1 is 0.488 bits per heavy atom. The van der Waals surface area contributed by atoms with E-state index < -0.39 is 0 Å². The van der Waals surface area contributed by atoms with Crippen LogP contribution in [0.25, 0.3) is 60.9 Å². The van der Waals surface area contributed by atoms with E-state index in [0.717, 1.165) is 0 Å². The average Bonchev–Trinajstić information content (AvgIpc) is 3.45. The van der Waals surface area contributed by atoms with Gasteiger partial charge in [0.25, 0.3) is 0 Å². The Labute approximate surface area is 242 Å². The van der Waals surface area contributed by atoms with Gasteiger partial charge in [-0.25, -0.2) is 0 Å². The number of hydrogen-bond acceptors (Lipinski definition) is 0. The van der Waals surface area contributed by atoms with E-state index in [1.165, 1.54) is 77.5 Å². The van der Waals surface area contributed by atoms with Crippen LogP contribution >= 0.6 is 0 Å². The molecule has 0 spiro atoms.